The maximum absolute atomic E-state index is 12.6. The van der Waals surface area contributed by atoms with Gasteiger partial charge in [0.05, 0.1) is 6.20 Å². The van der Waals surface area contributed by atoms with Crippen molar-refractivity contribution in [3.05, 3.63) is 54.4 Å². The molecule has 2 aromatic rings. The molecule has 0 bridgehead atoms. The van der Waals surface area contributed by atoms with Gasteiger partial charge in [0.25, 0.3) is 5.91 Å². The SMILES string of the molecule is CC(C)CN(CCC(=O)NCc1ccncc1)C(=O)c1cnccn1. The third-order valence-electron chi connectivity index (χ3n) is 3.50. The maximum Gasteiger partial charge on any atom is 0.274 e. The summed E-state index contributed by atoms with van der Waals surface area (Å²) in [5.41, 5.74) is 1.28. The molecule has 0 fully saturated rings. The van der Waals surface area contributed by atoms with E-state index in [9.17, 15) is 9.59 Å². The molecule has 0 aliphatic rings. The zero-order chi connectivity index (χ0) is 18.1. The minimum Gasteiger partial charge on any atom is -0.352 e. The fourth-order valence-electron chi connectivity index (χ4n) is 2.31. The molecule has 2 heterocycles. The van der Waals surface area contributed by atoms with Gasteiger partial charge in [-0.05, 0) is 23.6 Å². The number of aromatic nitrogens is 3. The van der Waals surface area contributed by atoms with Crippen molar-refractivity contribution in [2.75, 3.05) is 13.1 Å². The number of nitrogens with one attached hydrogen (secondary N) is 1. The highest BCUT2D eigenvalue weighted by Gasteiger charge is 2.19. The molecule has 0 spiro atoms. The highest BCUT2D eigenvalue weighted by atomic mass is 16.2. The summed E-state index contributed by atoms with van der Waals surface area (Å²) in [5, 5.41) is 2.85. The van der Waals surface area contributed by atoms with Crippen molar-refractivity contribution in [3.63, 3.8) is 0 Å². The van der Waals surface area contributed by atoms with Crippen molar-refractivity contribution in [3.8, 4) is 0 Å². The van der Waals surface area contributed by atoms with Gasteiger partial charge in [-0.15, -0.1) is 0 Å². The van der Waals surface area contributed by atoms with Crippen LogP contribution in [-0.4, -0.2) is 44.8 Å². The lowest BCUT2D eigenvalue weighted by Gasteiger charge is -2.24. The molecule has 0 aromatic carbocycles. The van der Waals surface area contributed by atoms with Crippen molar-refractivity contribution in [1.82, 2.24) is 25.2 Å². The molecule has 0 radical (unpaired) electrons. The van der Waals surface area contributed by atoms with Crippen LogP contribution in [0, 0.1) is 5.92 Å². The highest BCUT2D eigenvalue weighted by Crippen LogP contribution is 2.06. The average molecular weight is 341 g/mol. The van der Waals surface area contributed by atoms with E-state index in [1.807, 2.05) is 26.0 Å². The summed E-state index contributed by atoms with van der Waals surface area (Å²) >= 11 is 0. The van der Waals surface area contributed by atoms with Gasteiger partial charge in [-0.2, -0.15) is 0 Å². The molecule has 0 saturated carbocycles. The van der Waals surface area contributed by atoms with E-state index in [0.717, 1.165) is 5.56 Å². The van der Waals surface area contributed by atoms with Gasteiger partial charge in [-0.3, -0.25) is 19.6 Å². The number of carbonyl (C=O) groups excluding carboxylic acids is 2. The fraction of sp³-hybridized carbons (Fsp3) is 0.389. The quantitative estimate of drug-likeness (QED) is 0.789. The van der Waals surface area contributed by atoms with E-state index in [2.05, 4.69) is 20.3 Å². The van der Waals surface area contributed by atoms with Crippen molar-refractivity contribution < 1.29 is 9.59 Å². The van der Waals surface area contributed by atoms with Crippen LogP contribution in [0.25, 0.3) is 0 Å². The van der Waals surface area contributed by atoms with E-state index >= 15 is 0 Å². The van der Waals surface area contributed by atoms with Gasteiger partial charge in [0.15, 0.2) is 0 Å². The summed E-state index contributed by atoms with van der Waals surface area (Å²) in [4.78, 5) is 38.2. The molecule has 0 aliphatic carbocycles. The number of nitrogens with zero attached hydrogens (tertiary/aromatic N) is 4. The molecule has 7 heteroatoms. The molecule has 2 aromatic heterocycles. The first-order valence-electron chi connectivity index (χ1n) is 8.27. The van der Waals surface area contributed by atoms with Crippen LogP contribution in [0.1, 0.15) is 36.3 Å². The lowest BCUT2D eigenvalue weighted by Crippen LogP contribution is -2.38. The predicted octanol–water partition coefficient (Wildman–Crippen LogP) is 1.68. The topological polar surface area (TPSA) is 88.1 Å². The maximum atomic E-state index is 12.6. The molecular weight excluding hydrogens is 318 g/mol. The lowest BCUT2D eigenvalue weighted by atomic mass is 10.2. The standard InChI is InChI=1S/C18H23N5O2/c1-14(2)13-23(18(25)16-12-20-8-9-21-16)10-5-17(24)22-11-15-3-6-19-7-4-15/h3-4,6-9,12,14H,5,10-11,13H2,1-2H3,(H,22,24). The van der Waals surface area contributed by atoms with Crippen LogP contribution in [0.15, 0.2) is 43.1 Å². The first-order valence-corrected chi connectivity index (χ1v) is 8.27. The monoisotopic (exact) mass is 341 g/mol. The van der Waals surface area contributed by atoms with Crippen LogP contribution in [0.3, 0.4) is 0 Å². The van der Waals surface area contributed by atoms with E-state index in [1.165, 1.54) is 18.6 Å². The summed E-state index contributed by atoms with van der Waals surface area (Å²) in [6.45, 7) is 5.41. The molecule has 0 saturated heterocycles. The first-order chi connectivity index (χ1) is 12.1. The minimum atomic E-state index is -0.205. The molecule has 2 rings (SSSR count). The Hall–Kier alpha value is -2.83. The Balaban J connectivity index is 1.88. The van der Waals surface area contributed by atoms with Gasteiger partial charge in [0, 0.05) is 50.8 Å². The number of pyridine rings is 1. The third kappa shape index (κ3) is 6.29. The Morgan fingerprint density at radius 1 is 1.12 bits per heavy atom. The van der Waals surface area contributed by atoms with Crippen LogP contribution in [-0.2, 0) is 11.3 Å². The second kappa shape index (κ2) is 9.46. The summed E-state index contributed by atoms with van der Waals surface area (Å²) in [5.74, 6) is -0.0123. The summed E-state index contributed by atoms with van der Waals surface area (Å²) in [6.07, 6.45) is 8.07. The predicted molar refractivity (Wildman–Crippen MR) is 93.5 cm³/mol. The normalized spacial score (nSPS) is 10.5. The number of hydrogen-bond donors (Lipinski definition) is 1. The van der Waals surface area contributed by atoms with Crippen molar-refractivity contribution in [2.45, 2.75) is 26.8 Å². The molecule has 2 amide bonds. The molecule has 0 unspecified atom stereocenters. The molecular formula is C18H23N5O2. The van der Waals surface area contributed by atoms with E-state index < -0.39 is 0 Å². The number of carbonyl (C=O) groups is 2. The van der Waals surface area contributed by atoms with Gasteiger partial charge in [0.2, 0.25) is 5.91 Å². The molecule has 25 heavy (non-hydrogen) atoms. The Kier molecular flexibility index (Phi) is 7.00. The number of hydrogen-bond acceptors (Lipinski definition) is 5. The van der Waals surface area contributed by atoms with E-state index in [0.29, 0.717) is 31.2 Å². The second-order valence-corrected chi connectivity index (χ2v) is 6.12. The van der Waals surface area contributed by atoms with Gasteiger partial charge in [-0.25, -0.2) is 4.98 Å². The van der Waals surface area contributed by atoms with E-state index in [4.69, 9.17) is 0 Å². The average Bonchev–Trinajstić information content (AvgIpc) is 2.64. The molecule has 1 N–H and O–H groups in total. The smallest absolute Gasteiger partial charge is 0.274 e. The van der Waals surface area contributed by atoms with Crippen molar-refractivity contribution in [1.29, 1.82) is 0 Å². The summed E-state index contributed by atoms with van der Waals surface area (Å²) in [6, 6.07) is 3.70. The third-order valence-corrected chi connectivity index (χ3v) is 3.50. The zero-order valence-corrected chi connectivity index (χ0v) is 14.6. The van der Waals surface area contributed by atoms with E-state index in [1.54, 1.807) is 17.3 Å². The Bertz CT molecular complexity index is 676. The Morgan fingerprint density at radius 2 is 1.88 bits per heavy atom. The summed E-state index contributed by atoms with van der Waals surface area (Å²) in [7, 11) is 0. The van der Waals surface area contributed by atoms with Gasteiger partial charge < -0.3 is 10.2 Å². The van der Waals surface area contributed by atoms with Gasteiger partial charge >= 0.3 is 0 Å². The van der Waals surface area contributed by atoms with Crippen LogP contribution < -0.4 is 5.32 Å². The van der Waals surface area contributed by atoms with Crippen LogP contribution >= 0.6 is 0 Å². The molecule has 132 valence electrons. The lowest BCUT2D eigenvalue weighted by molar-refractivity contribution is -0.121. The first kappa shape index (κ1) is 18.5. The van der Waals surface area contributed by atoms with Gasteiger partial charge in [-0.1, -0.05) is 13.8 Å². The fourth-order valence-corrected chi connectivity index (χ4v) is 2.31. The van der Waals surface area contributed by atoms with Gasteiger partial charge in [0.1, 0.15) is 5.69 Å². The van der Waals surface area contributed by atoms with Crippen LogP contribution in [0.4, 0.5) is 0 Å². The van der Waals surface area contributed by atoms with E-state index in [-0.39, 0.29) is 18.2 Å². The number of amides is 2. The second-order valence-electron chi connectivity index (χ2n) is 6.12. The van der Waals surface area contributed by atoms with Crippen molar-refractivity contribution >= 4 is 11.8 Å². The molecule has 0 atom stereocenters. The molecule has 0 aliphatic heterocycles. The zero-order valence-electron chi connectivity index (χ0n) is 14.6. The minimum absolute atomic E-state index is 0.0995. The van der Waals surface area contributed by atoms with Crippen molar-refractivity contribution in [2.24, 2.45) is 5.92 Å². The Labute approximate surface area is 147 Å². The summed E-state index contributed by atoms with van der Waals surface area (Å²) < 4.78 is 0. The molecule has 7 nitrogen and oxygen atoms in total. The largest absolute Gasteiger partial charge is 0.352 e. The van der Waals surface area contributed by atoms with Crippen LogP contribution in [0.2, 0.25) is 0 Å². The Morgan fingerprint density at radius 3 is 2.52 bits per heavy atom. The number of rotatable bonds is 8. The highest BCUT2D eigenvalue weighted by molar-refractivity contribution is 5.92. The van der Waals surface area contributed by atoms with Crippen LogP contribution in [0.5, 0.6) is 0 Å².